The molecule has 32 heavy (non-hydrogen) atoms. The second kappa shape index (κ2) is 8.43. The van der Waals surface area contributed by atoms with Gasteiger partial charge in [0.2, 0.25) is 0 Å². The molecule has 4 aromatic carbocycles. The zero-order valence-electron chi connectivity index (χ0n) is 19.7. The molecule has 0 bridgehead atoms. The Morgan fingerprint density at radius 3 is 1.75 bits per heavy atom. The molecule has 4 aromatic rings. The number of rotatable bonds is 0. The summed E-state index contributed by atoms with van der Waals surface area (Å²) < 4.78 is 0. The van der Waals surface area contributed by atoms with Crippen LogP contribution in [-0.2, 0) is 12.8 Å². The van der Waals surface area contributed by atoms with E-state index in [4.69, 9.17) is 0 Å². The third-order valence-corrected chi connectivity index (χ3v) is 7.01. The van der Waals surface area contributed by atoms with Gasteiger partial charge in [-0.15, -0.1) is 0 Å². The quantitative estimate of drug-likeness (QED) is 0.252. The Labute approximate surface area is 192 Å². The molecule has 0 fully saturated rings. The Bertz CT molecular complexity index is 1300. The molecule has 0 aliphatic heterocycles. The van der Waals surface area contributed by atoms with Crippen LogP contribution in [0.2, 0.25) is 0 Å². The third kappa shape index (κ3) is 4.28. The second-order valence-electron chi connectivity index (χ2n) is 9.83. The number of hydrogen-bond donors (Lipinski definition) is 0. The molecule has 0 amide bonds. The van der Waals surface area contributed by atoms with Gasteiger partial charge in [-0.05, 0) is 97.2 Å². The van der Waals surface area contributed by atoms with Gasteiger partial charge in [-0.2, -0.15) is 0 Å². The summed E-state index contributed by atoms with van der Waals surface area (Å²) in [5.74, 6) is 1.47. The van der Waals surface area contributed by atoms with Crippen molar-refractivity contribution in [3.63, 3.8) is 0 Å². The fraction of sp³-hybridized carbons (Fsp3) is 0.250. The van der Waals surface area contributed by atoms with Gasteiger partial charge in [0.05, 0.1) is 0 Å². The molecule has 2 unspecified atom stereocenters. The first-order valence-electron chi connectivity index (χ1n) is 11.8. The summed E-state index contributed by atoms with van der Waals surface area (Å²) in [5, 5.41) is 5.31. The average molecular weight is 417 g/mol. The number of allylic oxidation sites excluding steroid dienone is 4. The van der Waals surface area contributed by atoms with Crippen molar-refractivity contribution in [2.45, 2.75) is 40.5 Å². The van der Waals surface area contributed by atoms with Gasteiger partial charge in [0.25, 0.3) is 0 Å². The Morgan fingerprint density at radius 2 is 1.09 bits per heavy atom. The Hall–Kier alpha value is -3.12. The average Bonchev–Trinajstić information content (AvgIpc) is 2.77. The molecular formula is C32H32. The van der Waals surface area contributed by atoms with Crippen LogP contribution in [0.1, 0.15) is 34.7 Å². The normalized spacial score (nSPS) is 19.1. The van der Waals surface area contributed by atoms with E-state index in [-0.39, 0.29) is 0 Å². The van der Waals surface area contributed by atoms with E-state index in [0.29, 0.717) is 0 Å². The minimum atomic E-state index is 0.734. The van der Waals surface area contributed by atoms with Crippen LogP contribution in [0.3, 0.4) is 0 Å². The molecule has 2 atom stereocenters. The Morgan fingerprint density at radius 1 is 0.531 bits per heavy atom. The molecule has 0 radical (unpaired) electrons. The lowest BCUT2D eigenvalue weighted by Gasteiger charge is -2.32. The fourth-order valence-corrected chi connectivity index (χ4v) is 5.25. The van der Waals surface area contributed by atoms with Crippen LogP contribution >= 0.6 is 0 Å². The van der Waals surface area contributed by atoms with Gasteiger partial charge < -0.3 is 0 Å². The van der Waals surface area contributed by atoms with Crippen molar-refractivity contribution in [1.29, 1.82) is 0 Å². The number of fused-ring (bicyclic) bond motifs is 4. The van der Waals surface area contributed by atoms with Gasteiger partial charge in [-0.25, -0.2) is 0 Å². The molecule has 0 N–H and O–H groups in total. The maximum absolute atomic E-state index is 2.45. The van der Waals surface area contributed by atoms with Crippen LogP contribution in [-0.4, -0.2) is 0 Å². The predicted molar refractivity (Wildman–Crippen MR) is 139 cm³/mol. The van der Waals surface area contributed by atoms with E-state index in [1.807, 2.05) is 0 Å². The molecule has 2 aliphatic rings. The van der Waals surface area contributed by atoms with Gasteiger partial charge in [0, 0.05) is 0 Å². The van der Waals surface area contributed by atoms with Crippen LogP contribution in [0.5, 0.6) is 0 Å². The second-order valence-corrected chi connectivity index (χ2v) is 9.83. The molecule has 0 nitrogen and oxygen atoms in total. The van der Waals surface area contributed by atoms with Crippen molar-refractivity contribution >= 4 is 21.5 Å². The fourth-order valence-electron chi connectivity index (χ4n) is 5.25. The highest BCUT2D eigenvalue weighted by atomic mass is 14.3. The van der Waals surface area contributed by atoms with Crippen LogP contribution < -0.4 is 0 Å². The molecule has 0 aromatic heterocycles. The van der Waals surface area contributed by atoms with E-state index >= 15 is 0 Å². The molecule has 0 heteroatoms. The number of benzene rings is 4. The van der Waals surface area contributed by atoms with Gasteiger partial charge in [-0.1, -0.05) is 95.1 Å². The highest BCUT2D eigenvalue weighted by Gasteiger charge is 2.26. The standard InChI is InChI=1S/C16H18.C16H14/c2*1-11-3-5-13-10-16-8-12(2)4-6-14(16)9-15(13)7-11/h3-8,13,15H,9-10H2,1-2H3;3-10H,1-2H3. The number of hydrogen-bond acceptors (Lipinski definition) is 0. The molecule has 6 rings (SSSR count). The van der Waals surface area contributed by atoms with Gasteiger partial charge >= 0.3 is 0 Å². The van der Waals surface area contributed by atoms with E-state index in [0.717, 1.165) is 11.8 Å². The molecule has 2 aliphatic carbocycles. The summed E-state index contributed by atoms with van der Waals surface area (Å²) in [5.41, 5.74) is 8.59. The number of aryl methyl sites for hydroxylation is 3. The molecule has 0 spiro atoms. The van der Waals surface area contributed by atoms with Crippen molar-refractivity contribution in [3.8, 4) is 0 Å². The lowest BCUT2D eigenvalue weighted by molar-refractivity contribution is 0.435. The molecule has 0 saturated carbocycles. The van der Waals surface area contributed by atoms with Gasteiger partial charge in [0.15, 0.2) is 0 Å². The molecule has 0 heterocycles. The highest BCUT2D eigenvalue weighted by molar-refractivity contribution is 5.98. The van der Waals surface area contributed by atoms with Crippen molar-refractivity contribution in [1.82, 2.24) is 0 Å². The molecular weight excluding hydrogens is 384 g/mol. The van der Waals surface area contributed by atoms with E-state index in [1.54, 1.807) is 11.1 Å². The summed E-state index contributed by atoms with van der Waals surface area (Å²) in [6, 6.07) is 24.7. The summed E-state index contributed by atoms with van der Waals surface area (Å²) in [6.45, 7) is 8.67. The zero-order chi connectivity index (χ0) is 22.2. The first kappa shape index (κ1) is 20.8. The van der Waals surface area contributed by atoms with Crippen molar-refractivity contribution in [3.05, 3.63) is 118 Å². The first-order chi connectivity index (χ1) is 15.4. The van der Waals surface area contributed by atoms with Crippen LogP contribution in [0.25, 0.3) is 21.5 Å². The van der Waals surface area contributed by atoms with E-state index in [9.17, 15) is 0 Å². The van der Waals surface area contributed by atoms with E-state index < -0.39 is 0 Å². The lowest BCUT2D eigenvalue weighted by atomic mass is 9.73. The summed E-state index contributed by atoms with van der Waals surface area (Å²) >= 11 is 0. The minimum Gasteiger partial charge on any atom is -0.0802 e. The topological polar surface area (TPSA) is 0 Å². The highest BCUT2D eigenvalue weighted by Crippen LogP contribution is 2.35. The molecule has 160 valence electrons. The summed E-state index contributed by atoms with van der Waals surface area (Å²) in [7, 11) is 0. The minimum absolute atomic E-state index is 0.734. The SMILES string of the molecule is CC1=CC2Cc3ccc(C)cc3CC2C=C1.Cc1ccc2cc3cc(C)ccc3cc2c1. The van der Waals surface area contributed by atoms with Crippen molar-refractivity contribution in [2.75, 3.05) is 0 Å². The zero-order valence-corrected chi connectivity index (χ0v) is 19.7. The van der Waals surface area contributed by atoms with Gasteiger partial charge in [-0.3, -0.25) is 0 Å². The first-order valence-corrected chi connectivity index (χ1v) is 11.8. The third-order valence-electron chi connectivity index (χ3n) is 7.01. The molecule has 0 saturated heterocycles. The summed E-state index contributed by atoms with van der Waals surface area (Å²) in [4.78, 5) is 0. The van der Waals surface area contributed by atoms with Gasteiger partial charge in [0.1, 0.15) is 0 Å². The van der Waals surface area contributed by atoms with Crippen LogP contribution in [0.15, 0.2) is 90.5 Å². The largest absolute Gasteiger partial charge is 0.0802 e. The van der Waals surface area contributed by atoms with E-state index in [1.165, 1.54) is 56.6 Å². The van der Waals surface area contributed by atoms with Crippen LogP contribution in [0.4, 0.5) is 0 Å². The van der Waals surface area contributed by atoms with E-state index in [2.05, 4.69) is 113 Å². The van der Waals surface area contributed by atoms with Crippen molar-refractivity contribution in [2.24, 2.45) is 11.8 Å². The maximum Gasteiger partial charge on any atom is -0.0121 e. The van der Waals surface area contributed by atoms with Crippen LogP contribution in [0, 0.1) is 32.6 Å². The Kier molecular flexibility index (Phi) is 5.47. The maximum atomic E-state index is 2.45. The van der Waals surface area contributed by atoms with Crippen molar-refractivity contribution < 1.29 is 0 Å². The Balaban J connectivity index is 0.000000135. The predicted octanol–water partition coefficient (Wildman–Crippen LogP) is 8.45. The smallest absolute Gasteiger partial charge is 0.0121 e. The monoisotopic (exact) mass is 416 g/mol. The lowest BCUT2D eigenvalue weighted by Crippen LogP contribution is -2.24. The summed E-state index contributed by atoms with van der Waals surface area (Å²) in [6.07, 6.45) is 9.59.